The van der Waals surface area contributed by atoms with E-state index in [0.717, 1.165) is 6.54 Å². The molecule has 0 aliphatic rings. The number of furan rings is 1. The van der Waals surface area contributed by atoms with Gasteiger partial charge in [0.25, 0.3) is 0 Å². The lowest BCUT2D eigenvalue weighted by molar-refractivity contribution is 0.110. The SMILES string of the molecule is CCN.O=Cc1ccco1. The molecule has 0 aliphatic carbocycles. The molecule has 0 aliphatic heterocycles. The summed E-state index contributed by atoms with van der Waals surface area (Å²) < 4.78 is 4.61. The van der Waals surface area contributed by atoms with E-state index in [1.54, 1.807) is 12.1 Å². The molecular weight excluding hydrogens is 130 g/mol. The molecule has 3 nitrogen and oxygen atoms in total. The van der Waals surface area contributed by atoms with Crippen LogP contribution >= 0.6 is 0 Å². The van der Waals surface area contributed by atoms with Crippen LogP contribution in [0.4, 0.5) is 0 Å². The van der Waals surface area contributed by atoms with Gasteiger partial charge in [0.2, 0.25) is 0 Å². The van der Waals surface area contributed by atoms with E-state index in [-0.39, 0.29) is 0 Å². The Kier molecular flexibility index (Phi) is 5.38. The zero-order chi connectivity index (χ0) is 7.82. The van der Waals surface area contributed by atoms with Crippen LogP contribution in [0.3, 0.4) is 0 Å². The van der Waals surface area contributed by atoms with Crippen molar-refractivity contribution in [2.75, 3.05) is 6.54 Å². The Balaban J connectivity index is 0.000000236. The second kappa shape index (κ2) is 6.04. The molecule has 1 heterocycles. The van der Waals surface area contributed by atoms with Crippen LogP contribution in [-0.2, 0) is 0 Å². The van der Waals surface area contributed by atoms with Crippen molar-refractivity contribution in [1.29, 1.82) is 0 Å². The number of hydrogen-bond acceptors (Lipinski definition) is 3. The third-order valence-corrected chi connectivity index (χ3v) is 0.659. The van der Waals surface area contributed by atoms with Gasteiger partial charge in [-0.15, -0.1) is 0 Å². The standard InChI is InChI=1S/C5H4O2.C2H7N/c6-4-5-2-1-3-7-5;1-2-3/h1-4H;2-3H2,1H3. The highest BCUT2D eigenvalue weighted by molar-refractivity contribution is 5.69. The second-order valence-electron chi connectivity index (χ2n) is 1.54. The lowest BCUT2D eigenvalue weighted by Crippen LogP contribution is -1.87. The predicted molar refractivity (Wildman–Crippen MR) is 38.8 cm³/mol. The average molecular weight is 141 g/mol. The molecule has 1 aromatic heterocycles. The highest BCUT2D eigenvalue weighted by Crippen LogP contribution is 1.92. The van der Waals surface area contributed by atoms with Gasteiger partial charge in [-0.2, -0.15) is 0 Å². The average Bonchev–Trinajstić information content (AvgIpc) is 2.39. The summed E-state index contributed by atoms with van der Waals surface area (Å²) in [6.45, 7) is 2.65. The first kappa shape index (κ1) is 8.91. The molecule has 10 heavy (non-hydrogen) atoms. The maximum Gasteiger partial charge on any atom is 0.185 e. The minimum absolute atomic E-state index is 0.375. The summed E-state index contributed by atoms with van der Waals surface area (Å²) >= 11 is 0. The van der Waals surface area contributed by atoms with Crippen LogP contribution in [0.15, 0.2) is 22.8 Å². The summed E-state index contributed by atoms with van der Waals surface area (Å²) in [6.07, 6.45) is 2.13. The largest absolute Gasteiger partial charge is 0.462 e. The molecule has 3 heteroatoms. The van der Waals surface area contributed by atoms with Gasteiger partial charge >= 0.3 is 0 Å². The Morgan fingerprint density at radius 1 is 1.80 bits per heavy atom. The van der Waals surface area contributed by atoms with E-state index in [9.17, 15) is 4.79 Å². The van der Waals surface area contributed by atoms with E-state index < -0.39 is 0 Å². The Morgan fingerprint density at radius 2 is 2.40 bits per heavy atom. The van der Waals surface area contributed by atoms with Crippen molar-refractivity contribution in [2.24, 2.45) is 5.73 Å². The summed E-state index contributed by atoms with van der Waals surface area (Å²) in [5, 5.41) is 0. The molecule has 0 fully saturated rings. The number of rotatable bonds is 1. The first-order valence-corrected chi connectivity index (χ1v) is 3.03. The number of nitrogens with two attached hydrogens (primary N) is 1. The van der Waals surface area contributed by atoms with Crippen LogP contribution < -0.4 is 5.73 Å². The van der Waals surface area contributed by atoms with Gasteiger partial charge in [-0.1, -0.05) is 6.92 Å². The Hall–Kier alpha value is -1.09. The van der Waals surface area contributed by atoms with Crippen molar-refractivity contribution < 1.29 is 9.21 Å². The molecular formula is C7H11NO2. The maximum absolute atomic E-state index is 9.77. The fraction of sp³-hybridized carbons (Fsp3) is 0.286. The zero-order valence-corrected chi connectivity index (χ0v) is 5.91. The molecule has 0 saturated heterocycles. The number of aldehydes is 1. The monoisotopic (exact) mass is 141 g/mol. The third-order valence-electron chi connectivity index (χ3n) is 0.659. The molecule has 56 valence electrons. The fourth-order valence-electron chi connectivity index (χ4n) is 0.358. The summed E-state index contributed by atoms with van der Waals surface area (Å²) in [6, 6.07) is 3.27. The highest BCUT2D eigenvalue weighted by atomic mass is 16.3. The molecule has 1 aromatic rings. The molecule has 0 bridgehead atoms. The van der Waals surface area contributed by atoms with Crippen LogP contribution in [0, 0.1) is 0 Å². The van der Waals surface area contributed by atoms with Gasteiger partial charge in [0.1, 0.15) is 0 Å². The van der Waals surface area contributed by atoms with Crippen molar-refractivity contribution in [3.05, 3.63) is 24.2 Å². The molecule has 0 radical (unpaired) electrons. The summed E-state index contributed by atoms with van der Waals surface area (Å²) in [5.41, 5.74) is 4.85. The topological polar surface area (TPSA) is 56.2 Å². The molecule has 0 aromatic carbocycles. The van der Waals surface area contributed by atoms with Crippen molar-refractivity contribution >= 4 is 6.29 Å². The van der Waals surface area contributed by atoms with Crippen LogP contribution in [0.2, 0.25) is 0 Å². The zero-order valence-electron chi connectivity index (χ0n) is 5.91. The first-order valence-electron chi connectivity index (χ1n) is 3.03. The van der Waals surface area contributed by atoms with E-state index in [4.69, 9.17) is 5.73 Å². The van der Waals surface area contributed by atoms with Gasteiger partial charge in [-0.05, 0) is 18.7 Å². The summed E-state index contributed by atoms with van der Waals surface area (Å²) in [4.78, 5) is 9.77. The van der Waals surface area contributed by atoms with Gasteiger partial charge in [0, 0.05) is 0 Å². The minimum atomic E-state index is 0.375. The van der Waals surface area contributed by atoms with Crippen molar-refractivity contribution in [1.82, 2.24) is 0 Å². The molecule has 0 spiro atoms. The summed E-state index contributed by atoms with van der Waals surface area (Å²) in [7, 11) is 0. The van der Waals surface area contributed by atoms with Crippen LogP contribution in [-0.4, -0.2) is 12.8 Å². The number of carbonyl (C=O) groups excluding carboxylic acids is 1. The normalized spacial score (nSPS) is 7.80. The van der Waals surface area contributed by atoms with E-state index in [1.807, 2.05) is 6.92 Å². The van der Waals surface area contributed by atoms with E-state index in [0.29, 0.717) is 12.0 Å². The molecule has 1 rings (SSSR count). The molecule has 0 amide bonds. The molecule has 2 N–H and O–H groups in total. The van der Waals surface area contributed by atoms with Crippen molar-refractivity contribution in [3.8, 4) is 0 Å². The highest BCUT2D eigenvalue weighted by Gasteiger charge is 1.84. The number of hydrogen-bond donors (Lipinski definition) is 1. The molecule has 0 atom stereocenters. The smallest absolute Gasteiger partial charge is 0.185 e. The van der Waals surface area contributed by atoms with E-state index >= 15 is 0 Å². The van der Waals surface area contributed by atoms with Gasteiger partial charge in [0.15, 0.2) is 12.0 Å². The Morgan fingerprint density at radius 3 is 2.60 bits per heavy atom. The second-order valence-corrected chi connectivity index (χ2v) is 1.54. The fourth-order valence-corrected chi connectivity index (χ4v) is 0.358. The number of carbonyl (C=O) groups is 1. The lowest BCUT2D eigenvalue weighted by atomic mass is 10.5. The Bertz CT molecular complexity index is 158. The van der Waals surface area contributed by atoms with Crippen LogP contribution in [0.1, 0.15) is 17.5 Å². The van der Waals surface area contributed by atoms with E-state index in [2.05, 4.69) is 4.42 Å². The molecule has 0 saturated carbocycles. The van der Waals surface area contributed by atoms with Crippen molar-refractivity contribution in [2.45, 2.75) is 6.92 Å². The maximum atomic E-state index is 9.77. The van der Waals surface area contributed by atoms with Gasteiger partial charge in [-0.3, -0.25) is 4.79 Å². The predicted octanol–water partition coefficient (Wildman–Crippen LogP) is 1.06. The summed E-state index contributed by atoms with van der Waals surface area (Å²) in [5.74, 6) is 0.375. The Labute approximate surface area is 59.8 Å². The lowest BCUT2D eigenvalue weighted by Gasteiger charge is -1.68. The van der Waals surface area contributed by atoms with Crippen LogP contribution in [0.25, 0.3) is 0 Å². The quantitative estimate of drug-likeness (QED) is 0.595. The minimum Gasteiger partial charge on any atom is -0.462 e. The van der Waals surface area contributed by atoms with Crippen LogP contribution in [0.5, 0.6) is 0 Å². The third kappa shape index (κ3) is 3.86. The van der Waals surface area contributed by atoms with E-state index in [1.165, 1.54) is 6.26 Å². The van der Waals surface area contributed by atoms with Gasteiger partial charge in [-0.25, -0.2) is 0 Å². The van der Waals surface area contributed by atoms with Crippen molar-refractivity contribution in [3.63, 3.8) is 0 Å². The van der Waals surface area contributed by atoms with Gasteiger partial charge in [0.05, 0.1) is 6.26 Å². The molecule has 0 unspecified atom stereocenters. The van der Waals surface area contributed by atoms with Gasteiger partial charge < -0.3 is 10.2 Å². The first-order chi connectivity index (χ1) is 4.85.